The fourth-order valence-corrected chi connectivity index (χ4v) is 4.03. The normalized spacial score (nSPS) is 18.2. The minimum absolute atomic E-state index is 0. The molecule has 0 atom stereocenters. The summed E-state index contributed by atoms with van der Waals surface area (Å²) in [5.41, 5.74) is 8.17. The van der Waals surface area contributed by atoms with Gasteiger partial charge in [0.25, 0.3) is 0 Å². The Morgan fingerprint density at radius 1 is 1.19 bits per heavy atom. The Morgan fingerprint density at radius 2 is 1.96 bits per heavy atom. The summed E-state index contributed by atoms with van der Waals surface area (Å²) in [6.45, 7) is 0.913. The minimum atomic E-state index is 0. The molecule has 1 aromatic carbocycles. The zero-order valence-corrected chi connectivity index (χ0v) is 17.6. The molecule has 0 unspecified atom stereocenters. The molecule has 1 aliphatic carbocycles. The second kappa shape index (κ2) is 11.9. The maximum atomic E-state index is 6.16. The zero-order valence-electron chi connectivity index (χ0n) is 14.4. The molecular weight excluding hydrogens is 411 g/mol. The lowest BCUT2D eigenvalue weighted by Gasteiger charge is -2.31. The van der Waals surface area contributed by atoms with Crippen LogP contribution in [0.25, 0.3) is 0 Å². The number of hydrogen-bond acceptors (Lipinski definition) is 5. The van der Waals surface area contributed by atoms with Gasteiger partial charge in [0, 0.05) is 41.0 Å². The van der Waals surface area contributed by atoms with Gasteiger partial charge in [0.2, 0.25) is 0 Å². The first-order valence-electron chi connectivity index (χ1n) is 8.35. The smallest absolute Gasteiger partial charge is 0.129 e. The van der Waals surface area contributed by atoms with Gasteiger partial charge in [-0.1, -0.05) is 29.8 Å². The van der Waals surface area contributed by atoms with Gasteiger partial charge in [0.05, 0.1) is 0 Å². The maximum Gasteiger partial charge on any atom is 0.129 e. The summed E-state index contributed by atoms with van der Waals surface area (Å²) in [5, 5.41) is 4.24. The highest BCUT2D eigenvalue weighted by Crippen LogP contribution is 2.34. The van der Waals surface area contributed by atoms with Crippen molar-refractivity contribution in [1.82, 2.24) is 9.97 Å². The molecule has 0 amide bonds. The van der Waals surface area contributed by atoms with Gasteiger partial charge in [-0.2, -0.15) is 11.8 Å². The molecule has 0 saturated heterocycles. The molecule has 0 bridgehead atoms. The van der Waals surface area contributed by atoms with E-state index < -0.39 is 0 Å². The third-order valence-electron chi connectivity index (χ3n) is 4.27. The molecule has 0 radical (unpaired) electrons. The van der Waals surface area contributed by atoms with Crippen LogP contribution in [0.5, 0.6) is 0 Å². The molecule has 26 heavy (non-hydrogen) atoms. The van der Waals surface area contributed by atoms with Gasteiger partial charge in [-0.05, 0) is 36.6 Å². The Morgan fingerprint density at radius 3 is 2.69 bits per heavy atom. The van der Waals surface area contributed by atoms with Crippen LogP contribution in [0.2, 0.25) is 5.02 Å². The third kappa shape index (κ3) is 6.78. The molecule has 0 spiro atoms. The van der Waals surface area contributed by atoms with Gasteiger partial charge < -0.3 is 11.1 Å². The van der Waals surface area contributed by atoms with Crippen LogP contribution in [-0.4, -0.2) is 28.3 Å². The number of nitrogens with one attached hydrogen (secondary N) is 1. The monoisotopic (exact) mass is 434 g/mol. The van der Waals surface area contributed by atoms with Crippen LogP contribution in [0.3, 0.4) is 0 Å². The number of thioether (sulfide) groups is 1. The molecular formula is C18H25Cl3N4S. The Labute approximate surface area is 176 Å². The SMILES string of the molecule is Cl.Cl.NC1CC(c2cc(NCCCSCc3ccccc3Cl)ncn2)C1. The van der Waals surface area contributed by atoms with Crippen LogP contribution in [0, 0.1) is 0 Å². The minimum Gasteiger partial charge on any atom is -0.370 e. The molecule has 144 valence electrons. The standard InChI is InChI=1S/C18H23ClN4S.2ClH/c19-16-5-2-1-4-13(16)11-24-7-3-6-21-18-10-17(22-12-23-18)14-8-15(20)9-14;;/h1-2,4-5,10,12,14-15H,3,6-9,11,20H2,(H,21,22,23);2*1H. The van der Waals surface area contributed by atoms with Crippen LogP contribution >= 0.6 is 48.2 Å². The first-order chi connectivity index (χ1) is 11.7. The van der Waals surface area contributed by atoms with Crippen molar-refractivity contribution in [1.29, 1.82) is 0 Å². The molecule has 1 heterocycles. The second-order valence-electron chi connectivity index (χ2n) is 6.18. The number of nitrogens with two attached hydrogens (primary N) is 1. The topological polar surface area (TPSA) is 63.8 Å². The predicted octanol–water partition coefficient (Wildman–Crippen LogP) is 4.91. The second-order valence-corrected chi connectivity index (χ2v) is 7.69. The van der Waals surface area contributed by atoms with Crippen LogP contribution in [0.1, 0.15) is 36.4 Å². The van der Waals surface area contributed by atoms with E-state index in [-0.39, 0.29) is 24.8 Å². The quantitative estimate of drug-likeness (QED) is 0.576. The fraction of sp³-hybridized carbons (Fsp3) is 0.444. The van der Waals surface area contributed by atoms with Gasteiger partial charge in [-0.3, -0.25) is 0 Å². The van der Waals surface area contributed by atoms with E-state index in [4.69, 9.17) is 17.3 Å². The van der Waals surface area contributed by atoms with Crippen molar-refractivity contribution < 1.29 is 0 Å². The largest absolute Gasteiger partial charge is 0.370 e. The van der Waals surface area contributed by atoms with Crippen molar-refractivity contribution in [2.24, 2.45) is 5.73 Å². The van der Waals surface area contributed by atoms with Gasteiger partial charge in [0.15, 0.2) is 0 Å². The Hall–Kier alpha value is -0.720. The van der Waals surface area contributed by atoms with Gasteiger partial charge in [0.1, 0.15) is 12.1 Å². The Kier molecular flexibility index (Phi) is 10.7. The Bertz CT molecular complexity index is 668. The molecule has 8 heteroatoms. The first kappa shape index (κ1) is 23.3. The lowest BCUT2D eigenvalue weighted by atomic mass is 9.79. The van der Waals surface area contributed by atoms with E-state index in [0.717, 1.165) is 53.8 Å². The first-order valence-corrected chi connectivity index (χ1v) is 9.88. The Balaban J connectivity index is 0.00000169. The summed E-state index contributed by atoms with van der Waals surface area (Å²) in [7, 11) is 0. The number of benzene rings is 1. The van der Waals surface area contributed by atoms with Crippen LogP contribution in [-0.2, 0) is 5.75 Å². The van der Waals surface area contributed by atoms with Gasteiger partial charge >= 0.3 is 0 Å². The van der Waals surface area contributed by atoms with Crippen molar-refractivity contribution in [2.75, 3.05) is 17.6 Å². The van der Waals surface area contributed by atoms with Crippen molar-refractivity contribution in [2.45, 2.75) is 37.0 Å². The van der Waals surface area contributed by atoms with E-state index in [0.29, 0.717) is 12.0 Å². The van der Waals surface area contributed by atoms with Crippen molar-refractivity contribution >= 4 is 54.0 Å². The fourth-order valence-electron chi connectivity index (χ4n) is 2.78. The summed E-state index contributed by atoms with van der Waals surface area (Å²) in [6, 6.07) is 10.4. The molecule has 4 nitrogen and oxygen atoms in total. The molecule has 0 aliphatic heterocycles. The highest BCUT2D eigenvalue weighted by atomic mass is 35.5. The molecule has 1 fully saturated rings. The van der Waals surface area contributed by atoms with Crippen LogP contribution < -0.4 is 11.1 Å². The predicted molar refractivity (Wildman–Crippen MR) is 117 cm³/mol. The van der Waals surface area contributed by atoms with Crippen molar-refractivity contribution in [3.8, 4) is 0 Å². The van der Waals surface area contributed by atoms with Gasteiger partial charge in [-0.15, -0.1) is 24.8 Å². The summed E-state index contributed by atoms with van der Waals surface area (Å²) in [6.07, 6.45) is 4.81. The molecule has 1 aromatic heterocycles. The molecule has 3 N–H and O–H groups in total. The van der Waals surface area contributed by atoms with E-state index in [1.54, 1.807) is 6.33 Å². The number of anilines is 1. The van der Waals surface area contributed by atoms with E-state index in [2.05, 4.69) is 27.4 Å². The number of nitrogens with zero attached hydrogens (tertiary/aromatic N) is 2. The van der Waals surface area contributed by atoms with Crippen molar-refractivity contribution in [3.05, 3.63) is 52.9 Å². The summed E-state index contributed by atoms with van der Waals surface area (Å²) < 4.78 is 0. The number of halogens is 3. The summed E-state index contributed by atoms with van der Waals surface area (Å²) >= 11 is 8.07. The lowest BCUT2D eigenvalue weighted by molar-refractivity contribution is 0.345. The average molecular weight is 436 g/mol. The molecule has 1 aliphatic rings. The lowest BCUT2D eigenvalue weighted by Crippen LogP contribution is -2.35. The van der Waals surface area contributed by atoms with Crippen LogP contribution in [0.4, 0.5) is 5.82 Å². The van der Waals surface area contributed by atoms with E-state index in [1.807, 2.05) is 30.0 Å². The molecule has 2 aromatic rings. The van der Waals surface area contributed by atoms with Crippen LogP contribution in [0.15, 0.2) is 36.7 Å². The number of aromatic nitrogens is 2. The molecule has 1 saturated carbocycles. The van der Waals surface area contributed by atoms with Gasteiger partial charge in [-0.25, -0.2) is 9.97 Å². The third-order valence-corrected chi connectivity index (χ3v) is 5.73. The van der Waals surface area contributed by atoms with E-state index in [9.17, 15) is 0 Å². The molecule has 3 rings (SSSR count). The number of rotatable bonds is 8. The average Bonchev–Trinajstić information content (AvgIpc) is 2.57. The van der Waals surface area contributed by atoms with Crippen molar-refractivity contribution in [3.63, 3.8) is 0 Å². The highest BCUT2D eigenvalue weighted by molar-refractivity contribution is 7.98. The summed E-state index contributed by atoms with van der Waals surface area (Å²) in [4.78, 5) is 8.67. The van der Waals surface area contributed by atoms with E-state index in [1.165, 1.54) is 5.56 Å². The summed E-state index contributed by atoms with van der Waals surface area (Å²) in [5.74, 6) is 3.47. The zero-order chi connectivity index (χ0) is 16.8. The highest BCUT2D eigenvalue weighted by Gasteiger charge is 2.28. The van der Waals surface area contributed by atoms with E-state index >= 15 is 0 Å². The number of hydrogen-bond donors (Lipinski definition) is 2. The maximum absolute atomic E-state index is 6.16.